The molecule has 0 fully saturated rings. The molecule has 54 valence electrons. The largest absolute Gasteiger partial charge is 0.469 e. The van der Waals surface area contributed by atoms with Crippen LogP contribution in [0, 0.1) is 0 Å². The van der Waals surface area contributed by atoms with Crippen molar-refractivity contribution in [2.75, 3.05) is 6.61 Å². The first-order valence-electron chi connectivity index (χ1n) is 3.00. The Balaban J connectivity index is 2.68. The Labute approximate surface area is 58.3 Å². The highest BCUT2D eigenvalue weighted by Gasteiger charge is 1.98. The molecule has 1 aromatic rings. The molecule has 0 saturated carbocycles. The number of aliphatic hydroxyl groups is 1. The first-order valence-corrected chi connectivity index (χ1v) is 3.00. The summed E-state index contributed by atoms with van der Waals surface area (Å²) in [7, 11) is 0. The van der Waals surface area contributed by atoms with E-state index in [4.69, 9.17) is 9.52 Å². The fourth-order valence-electron chi connectivity index (χ4n) is 0.701. The SMILES string of the molecule is O=Cc1coc(CCO)c1. The molecule has 1 N–H and O–H groups in total. The van der Waals surface area contributed by atoms with E-state index in [-0.39, 0.29) is 6.61 Å². The van der Waals surface area contributed by atoms with Gasteiger partial charge in [0.15, 0.2) is 6.29 Å². The minimum atomic E-state index is 0.0474. The van der Waals surface area contributed by atoms with Gasteiger partial charge < -0.3 is 9.52 Å². The smallest absolute Gasteiger partial charge is 0.153 e. The molecule has 0 aliphatic rings. The van der Waals surface area contributed by atoms with Gasteiger partial charge in [-0.2, -0.15) is 0 Å². The Bertz CT molecular complexity index is 214. The Morgan fingerprint density at radius 2 is 2.50 bits per heavy atom. The van der Waals surface area contributed by atoms with Gasteiger partial charge in [0.1, 0.15) is 12.0 Å². The normalized spacial score (nSPS) is 9.70. The maximum absolute atomic E-state index is 10.1. The van der Waals surface area contributed by atoms with Crippen LogP contribution in [-0.2, 0) is 6.42 Å². The van der Waals surface area contributed by atoms with Gasteiger partial charge >= 0.3 is 0 Å². The van der Waals surface area contributed by atoms with Crippen molar-refractivity contribution in [1.82, 2.24) is 0 Å². The maximum atomic E-state index is 10.1. The van der Waals surface area contributed by atoms with Gasteiger partial charge in [-0.1, -0.05) is 0 Å². The van der Waals surface area contributed by atoms with Crippen LogP contribution in [0.1, 0.15) is 16.1 Å². The minimum absolute atomic E-state index is 0.0474. The summed E-state index contributed by atoms with van der Waals surface area (Å²) in [5, 5.41) is 8.45. The molecule has 0 saturated heterocycles. The molecule has 0 aliphatic heterocycles. The number of hydrogen-bond donors (Lipinski definition) is 1. The lowest BCUT2D eigenvalue weighted by Crippen LogP contribution is -1.86. The Morgan fingerprint density at radius 1 is 1.70 bits per heavy atom. The number of carbonyl (C=O) groups is 1. The predicted octanol–water partition coefficient (Wildman–Crippen LogP) is 0.627. The van der Waals surface area contributed by atoms with Crippen LogP contribution in [0.2, 0.25) is 0 Å². The predicted molar refractivity (Wildman–Crippen MR) is 34.9 cm³/mol. The van der Waals surface area contributed by atoms with E-state index < -0.39 is 0 Å². The van der Waals surface area contributed by atoms with Gasteiger partial charge in [-0.05, 0) is 6.07 Å². The van der Waals surface area contributed by atoms with E-state index in [0.717, 1.165) is 0 Å². The lowest BCUT2D eigenvalue weighted by atomic mass is 10.3. The molecule has 0 amide bonds. The average Bonchev–Trinajstić information content (AvgIpc) is 2.37. The van der Waals surface area contributed by atoms with E-state index in [1.54, 1.807) is 6.07 Å². The third-order valence-electron chi connectivity index (χ3n) is 1.17. The van der Waals surface area contributed by atoms with Gasteiger partial charge in [-0.15, -0.1) is 0 Å². The molecule has 3 nitrogen and oxygen atoms in total. The highest BCUT2D eigenvalue weighted by molar-refractivity contribution is 5.74. The van der Waals surface area contributed by atoms with Crippen molar-refractivity contribution in [3.63, 3.8) is 0 Å². The molecule has 1 heterocycles. The molecule has 0 aliphatic carbocycles. The molecule has 0 atom stereocenters. The van der Waals surface area contributed by atoms with Crippen molar-refractivity contribution < 1.29 is 14.3 Å². The lowest BCUT2D eigenvalue weighted by molar-refractivity contribution is 0.112. The van der Waals surface area contributed by atoms with Gasteiger partial charge in [0.2, 0.25) is 0 Å². The lowest BCUT2D eigenvalue weighted by Gasteiger charge is -1.85. The molecule has 3 heteroatoms. The van der Waals surface area contributed by atoms with Crippen molar-refractivity contribution in [3.8, 4) is 0 Å². The molecular weight excluding hydrogens is 132 g/mol. The second-order valence-corrected chi connectivity index (χ2v) is 1.94. The van der Waals surface area contributed by atoms with E-state index in [9.17, 15) is 4.79 Å². The number of aliphatic hydroxyl groups excluding tert-OH is 1. The minimum Gasteiger partial charge on any atom is -0.469 e. The van der Waals surface area contributed by atoms with E-state index >= 15 is 0 Å². The fourth-order valence-corrected chi connectivity index (χ4v) is 0.701. The second-order valence-electron chi connectivity index (χ2n) is 1.94. The highest BCUT2D eigenvalue weighted by atomic mass is 16.3. The summed E-state index contributed by atoms with van der Waals surface area (Å²) >= 11 is 0. The number of aldehydes is 1. The molecule has 10 heavy (non-hydrogen) atoms. The average molecular weight is 140 g/mol. The van der Waals surface area contributed by atoms with Gasteiger partial charge in [-0.3, -0.25) is 4.79 Å². The van der Waals surface area contributed by atoms with E-state index in [1.807, 2.05) is 0 Å². The molecule has 1 rings (SSSR count). The third-order valence-corrected chi connectivity index (χ3v) is 1.17. The summed E-state index contributed by atoms with van der Waals surface area (Å²) in [5.74, 6) is 0.643. The summed E-state index contributed by atoms with van der Waals surface area (Å²) in [6, 6.07) is 1.61. The van der Waals surface area contributed by atoms with Crippen molar-refractivity contribution in [3.05, 3.63) is 23.7 Å². The molecular formula is C7H8O3. The molecule has 0 bridgehead atoms. The summed E-state index contributed by atoms with van der Waals surface area (Å²) in [5.41, 5.74) is 0.517. The van der Waals surface area contributed by atoms with Crippen LogP contribution < -0.4 is 0 Å². The van der Waals surface area contributed by atoms with Crippen LogP contribution in [0.4, 0.5) is 0 Å². The zero-order valence-corrected chi connectivity index (χ0v) is 5.41. The van der Waals surface area contributed by atoms with Gasteiger partial charge in [-0.25, -0.2) is 0 Å². The van der Waals surface area contributed by atoms with Gasteiger partial charge in [0.05, 0.1) is 12.2 Å². The fraction of sp³-hybridized carbons (Fsp3) is 0.286. The van der Waals surface area contributed by atoms with Crippen molar-refractivity contribution in [2.24, 2.45) is 0 Å². The summed E-state index contributed by atoms with van der Waals surface area (Å²) < 4.78 is 4.90. The summed E-state index contributed by atoms with van der Waals surface area (Å²) in [4.78, 5) is 10.1. The number of carbonyl (C=O) groups excluding carboxylic acids is 1. The van der Waals surface area contributed by atoms with Crippen LogP contribution in [0.5, 0.6) is 0 Å². The molecule has 1 aromatic heterocycles. The van der Waals surface area contributed by atoms with Crippen LogP contribution >= 0.6 is 0 Å². The molecule has 0 spiro atoms. The molecule has 0 radical (unpaired) electrons. The van der Waals surface area contributed by atoms with Crippen LogP contribution in [0.15, 0.2) is 16.7 Å². The van der Waals surface area contributed by atoms with Crippen molar-refractivity contribution >= 4 is 6.29 Å². The Kier molecular flexibility index (Phi) is 2.23. The van der Waals surface area contributed by atoms with Crippen LogP contribution in [0.3, 0.4) is 0 Å². The van der Waals surface area contributed by atoms with Gasteiger partial charge in [0.25, 0.3) is 0 Å². The summed E-state index contributed by atoms with van der Waals surface area (Å²) in [6.45, 7) is 0.0474. The zero-order valence-electron chi connectivity index (χ0n) is 5.41. The van der Waals surface area contributed by atoms with E-state index in [1.165, 1.54) is 6.26 Å². The number of hydrogen-bond acceptors (Lipinski definition) is 3. The Morgan fingerprint density at radius 3 is 3.00 bits per heavy atom. The second kappa shape index (κ2) is 3.17. The zero-order chi connectivity index (χ0) is 7.40. The quantitative estimate of drug-likeness (QED) is 0.626. The number of rotatable bonds is 3. The van der Waals surface area contributed by atoms with E-state index in [0.29, 0.717) is 24.0 Å². The van der Waals surface area contributed by atoms with Crippen molar-refractivity contribution in [1.29, 1.82) is 0 Å². The first-order chi connectivity index (χ1) is 4.86. The van der Waals surface area contributed by atoms with Gasteiger partial charge in [0, 0.05) is 6.42 Å². The molecule has 0 unspecified atom stereocenters. The standard InChI is InChI=1S/C7H8O3/c8-2-1-7-3-6(4-9)5-10-7/h3-5,8H,1-2H2. The van der Waals surface area contributed by atoms with E-state index in [2.05, 4.69) is 0 Å². The third kappa shape index (κ3) is 1.45. The monoisotopic (exact) mass is 140 g/mol. The first kappa shape index (κ1) is 7.02. The van der Waals surface area contributed by atoms with Crippen LogP contribution in [-0.4, -0.2) is 18.0 Å². The van der Waals surface area contributed by atoms with Crippen molar-refractivity contribution in [2.45, 2.75) is 6.42 Å². The maximum Gasteiger partial charge on any atom is 0.153 e. The highest BCUT2D eigenvalue weighted by Crippen LogP contribution is 2.05. The topological polar surface area (TPSA) is 50.4 Å². The Hall–Kier alpha value is -1.09. The molecule has 0 aromatic carbocycles. The number of furan rings is 1. The summed E-state index contributed by atoms with van der Waals surface area (Å²) in [6.07, 6.45) is 2.55. The van der Waals surface area contributed by atoms with Crippen LogP contribution in [0.25, 0.3) is 0 Å².